The Kier molecular flexibility index (Phi) is 11.4. The molecular weight excluding hydrogens is 477 g/mol. The fraction of sp³-hybridized carbons (Fsp3) is 0. The van der Waals surface area contributed by atoms with Gasteiger partial charge < -0.3 is 0 Å². The second-order valence-electron chi connectivity index (χ2n) is 0.506. The van der Waals surface area contributed by atoms with Crippen molar-refractivity contribution in [1.82, 2.24) is 0 Å². The molecule has 0 aliphatic rings. The third-order valence-corrected chi connectivity index (χ3v) is 0. The van der Waals surface area contributed by atoms with E-state index >= 15 is 0 Å². The van der Waals surface area contributed by atoms with Crippen molar-refractivity contribution in [2.24, 2.45) is 0 Å². The molecule has 0 spiro atoms. The molecule has 0 aliphatic carbocycles. The Balaban J connectivity index is 0. The van der Waals surface area contributed by atoms with Gasteiger partial charge in [0.05, 0.1) is 0 Å². The van der Waals surface area contributed by atoms with Crippen molar-refractivity contribution in [1.29, 1.82) is 0 Å². The van der Waals surface area contributed by atoms with E-state index in [0.29, 0.717) is 13.3 Å². The SMILES string of the molecule is I[IH]I.O=S(=O)(O)O. The van der Waals surface area contributed by atoms with Crippen LogP contribution in [0.3, 0.4) is 0 Å². The maximum atomic E-state index is 8.74. The molecular formula is H3I3O4S. The van der Waals surface area contributed by atoms with E-state index in [2.05, 4.69) is 37.2 Å². The van der Waals surface area contributed by atoms with Gasteiger partial charge in [0, 0.05) is 0 Å². The number of halogens is 3. The Hall–Kier alpha value is 2.06. The molecule has 0 rings (SSSR count). The van der Waals surface area contributed by atoms with Crippen LogP contribution in [0.5, 0.6) is 0 Å². The minimum Gasteiger partial charge on any atom is -0.264 e. The Morgan fingerprint density at radius 1 is 1.25 bits per heavy atom. The van der Waals surface area contributed by atoms with Gasteiger partial charge in [0.25, 0.3) is 0 Å². The standard InChI is InChI=1S/HI3.H2O4S/c1-3-2;1-5(2,3)4/h3H;(H2,1,2,3,4). The zero-order chi connectivity index (χ0) is 7.21. The van der Waals surface area contributed by atoms with Gasteiger partial charge in [-0.3, -0.25) is 9.11 Å². The number of rotatable bonds is 0. The van der Waals surface area contributed by atoms with Gasteiger partial charge in [-0.2, -0.15) is 8.42 Å². The van der Waals surface area contributed by atoms with Gasteiger partial charge in [-0.1, -0.05) is 0 Å². The van der Waals surface area contributed by atoms with E-state index in [1.54, 1.807) is 0 Å². The van der Waals surface area contributed by atoms with Gasteiger partial charge >= 0.3 is 60.9 Å². The summed E-state index contributed by atoms with van der Waals surface area (Å²) >= 11 is 5.22. The number of hydrogen-bond acceptors (Lipinski definition) is 2. The van der Waals surface area contributed by atoms with Crippen molar-refractivity contribution in [3.8, 4) is 0 Å². The van der Waals surface area contributed by atoms with Gasteiger partial charge in [0.1, 0.15) is 0 Å². The molecule has 4 nitrogen and oxygen atoms in total. The topological polar surface area (TPSA) is 74.6 Å². The summed E-state index contributed by atoms with van der Waals surface area (Å²) in [5.41, 5.74) is 0. The predicted octanol–water partition coefficient (Wildman–Crippen LogP) is 1.74. The summed E-state index contributed by atoms with van der Waals surface area (Å²) in [5.74, 6) is 0. The summed E-state index contributed by atoms with van der Waals surface area (Å²) in [6.07, 6.45) is 0. The molecule has 2 N–H and O–H groups in total. The normalized spacial score (nSPS) is 10.0. The summed E-state index contributed by atoms with van der Waals surface area (Å²) in [4.78, 5) is 0. The van der Waals surface area contributed by atoms with Gasteiger partial charge in [0.15, 0.2) is 0 Å². The van der Waals surface area contributed by atoms with Crippen LogP contribution >= 0.6 is 50.5 Å². The number of hydrogen-bond donors (Lipinski definition) is 2. The van der Waals surface area contributed by atoms with Gasteiger partial charge in [-0.25, -0.2) is 0 Å². The minimum atomic E-state index is -4.67. The minimum absolute atomic E-state index is 0.410. The Morgan fingerprint density at radius 3 is 1.25 bits per heavy atom. The first-order valence-electron chi connectivity index (χ1n) is 1.01. The van der Waals surface area contributed by atoms with Crippen LogP contribution in [0.2, 0.25) is 0 Å². The molecule has 0 fully saturated rings. The zero-order valence-corrected chi connectivity index (χ0v) is 10.7. The molecule has 0 saturated carbocycles. The van der Waals surface area contributed by atoms with Crippen molar-refractivity contribution in [3.63, 3.8) is 0 Å². The summed E-state index contributed by atoms with van der Waals surface area (Å²) < 4.78 is 31.6. The monoisotopic (exact) mass is 480 g/mol. The molecule has 0 aromatic rings. The van der Waals surface area contributed by atoms with Crippen LogP contribution in [-0.4, -0.2) is 17.5 Å². The second-order valence-corrected chi connectivity index (χ2v) is 18.9. The third-order valence-electron chi connectivity index (χ3n) is 0. The maximum Gasteiger partial charge on any atom is 0.394 e. The van der Waals surface area contributed by atoms with Gasteiger partial charge in [0.2, 0.25) is 0 Å². The Labute approximate surface area is 77.0 Å². The Morgan fingerprint density at radius 2 is 1.25 bits per heavy atom. The first kappa shape index (κ1) is 12.7. The maximum absolute atomic E-state index is 8.74. The first-order chi connectivity index (χ1) is 3.41. The van der Waals surface area contributed by atoms with Crippen LogP contribution in [0.1, 0.15) is 0 Å². The molecule has 0 aromatic carbocycles. The zero-order valence-electron chi connectivity index (χ0n) is 3.28. The van der Waals surface area contributed by atoms with Crippen LogP contribution < -0.4 is 0 Å². The second kappa shape index (κ2) is 7.17. The average molecular weight is 480 g/mol. The van der Waals surface area contributed by atoms with Gasteiger partial charge in [-0.15, -0.1) is 0 Å². The molecule has 0 unspecified atom stereocenters. The molecule has 0 aliphatic heterocycles. The third kappa shape index (κ3) is 94.7. The average Bonchev–Trinajstić information content (AvgIpc) is 1.27. The molecule has 0 amide bonds. The molecule has 8 heteroatoms. The van der Waals surface area contributed by atoms with E-state index in [0.717, 1.165) is 0 Å². The summed E-state index contributed by atoms with van der Waals surface area (Å²) in [7, 11) is -4.67. The van der Waals surface area contributed by atoms with E-state index in [4.69, 9.17) is 17.5 Å². The van der Waals surface area contributed by atoms with E-state index in [1.165, 1.54) is 0 Å². The molecule has 8 heavy (non-hydrogen) atoms. The van der Waals surface area contributed by atoms with Crippen LogP contribution in [0.15, 0.2) is 0 Å². The molecule has 0 heterocycles. The van der Waals surface area contributed by atoms with Crippen molar-refractivity contribution in [2.45, 2.75) is 0 Å². The smallest absolute Gasteiger partial charge is 0.264 e. The van der Waals surface area contributed by atoms with Gasteiger partial charge in [-0.05, 0) is 0 Å². The van der Waals surface area contributed by atoms with Crippen molar-refractivity contribution < 1.29 is 17.5 Å². The van der Waals surface area contributed by atoms with E-state index in [-0.39, 0.29) is 0 Å². The molecule has 0 atom stereocenters. The quantitative estimate of drug-likeness (QED) is 0.410. The summed E-state index contributed by atoms with van der Waals surface area (Å²) in [5, 5.41) is 0. The molecule has 0 radical (unpaired) electrons. The van der Waals surface area contributed by atoms with E-state index in [9.17, 15) is 0 Å². The molecule has 0 saturated heterocycles. The fourth-order valence-electron chi connectivity index (χ4n) is 0. The summed E-state index contributed by atoms with van der Waals surface area (Å²) in [6.45, 7) is 0. The largest absolute Gasteiger partial charge is 0.394 e. The van der Waals surface area contributed by atoms with E-state index < -0.39 is 10.4 Å². The molecule has 0 bridgehead atoms. The van der Waals surface area contributed by atoms with Crippen LogP contribution in [0, 0.1) is 0 Å². The fourth-order valence-corrected chi connectivity index (χ4v) is 0. The van der Waals surface area contributed by atoms with Crippen LogP contribution in [0.25, 0.3) is 0 Å². The summed E-state index contributed by atoms with van der Waals surface area (Å²) in [6, 6.07) is 0. The molecule has 54 valence electrons. The molecule has 0 aromatic heterocycles. The van der Waals surface area contributed by atoms with Crippen LogP contribution in [-0.2, 0) is 10.4 Å². The van der Waals surface area contributed by atoms with E-state index in [1.807, 2.05) is 0 Å². The van der Waals surface area contributed by atoms with Crippen LogP contribution in [0.4, 0.5) is 0 Å². The predicted molar refractivity (Wildman–Crippen MR) is 57.6 cm³/mol. The first-order valence-corrected chi connectivity index (χ1v) is 16.0. The van der Waals surface area contributed by atoms with Crippen molar-refractivity contribution in [3.05, 3.63) is 0 Å². The van der Waals surface area contributed by atoms with Crippen molar-refractivity contribution in [2.75, 3.05) is 0 Å². The van der Waals surface area contributed by atoms with Crippen molar-refractivity contribution >= 4 is 60.9 Å². The Bertz CT molecular complexity index is 105.